The summed E-state index contributed by atoms with van der Waals surface area (Å²) in [5, 5.41) is 13.8. The van der Waals surface area contributed by atoms with Crippen LogP contribution in [0.1, 0.15) is 30.3 Å². The van der Waals surface area contributed by atoms with Crippen molar-refractivity contribution in [1.29, 1.82) is 0 Å². The second-order valence-corrected chi connectivity index (χ2v) is 4.94. The van der Waals surface area contributed by atoms with Gasteiger partial charge in [0.2, 0.25) is 0 Å². The van der Waals surface area contributed by atoms with Crippen molar-refractivity contribution < 1.29 is 9.63 Å². The lowest BCUT2D eigenvalue weighted by molar-refractivity contribution is 0.00780. The molecule has 1 unspecified atom stereocenters. The molecule has 0 saturated carbocycles. The van der Waals surface area contributed by atoms with E-state index in [1.54, 1.807) is 0 Å². The molecule has 3 aliphatic rings. The highest BCUT2D eigenvalue weighted by Crippen LogP contribution is 2.27. The van der Waals surface area contributed by atoms with Gasteiger partial charge >= 0.3 is 0 Å². The number of nitrogens with zero attached hydrogens (tertiary/aromatic N) is 4. The van der Waals surface area contributed by atoms with Crippen molar-refractivity contribution >= 4 is 0 Å². The molecule has 3 N–H and O–H groups in total. The third-order valence-corrected chi connectivity index (χ3v) is 3.76. The first kappa shape index (κ1) is 12.0. The zero-order chi connectivity index (χ0) is 12.5. The lowest BCUT2D eigenvalue weighted by Crippen LogP contribution is -2.57. The molecule has 0 radical (unpaired) electrons. The highest BCUT2D eigenvalue weighted by Gasteiger charge is 2.35. The van der Waals surface area contributed by atoms with E-state index >= 15 is 0 Å². The summed E-state index contributed by atoms with van der Waals surface area (Å²) in [5.41, 5.74) is 5.40. The Morgan fingerprint density at radius 3 is 2.78 bits per heavy atom. The summed E-state index contributed by atoms with van der Waals surface area (Å²) in [4.78, 5) is 9.11. The fraction of sp³-hybridized carbons (Fsp3) is 0.818. The van der Waals surface area contributed by atoms with Gasteiger partial charge in [-0.25, -0.2) is 0 Å². The van der Waals surface area contributed by atoms with Crippen molar-refractivity contribution in [1.82, 2.24) is 19.9 Å². The number of aliphatic hydroxyl groups excluding tert-OH is 1. The Kier molecular flexibility index (Phi) is 3.29. The molecule has 2 atom stereocenters. The average molecular weight is 253 g/mol. The predicted molar refractivity (Wildman–Crippen MR) is 63.7 cm³/mol. The molecule has 4 rings (SSSR count). The normalized spacial score (nSPS) is 32.7. The fourth-order valence-corrected chi connectivity index (χ4v) is 2.66. The van der Waals surface area contributed by atoms with Crippen molar-refractivity contribution in [2.75, 3.05) is 39.3 Å². The maximum Gasteiger partial charge on any atom is 0.255 e. The van der Waals surface area contributed by atoms with Crippen LogP contribution in [0.5, 0.6) is 0 Å². The summed E-state index contributed by atoms with van der Waals surface area (Å²) in [7, 11) is 0. The first-order chi connectivity index (χ1) is 8.78. The first-order valence-corrected chi connectivity index (χ1v) is 6.46. The van der Waals surface area contributed by atoms with Gasteiger partial charge in [-0.05, 0) is 13.0 Å². The average Bonchev–Trinajstić information content (AvgIpc) is 2.90. The Balaban J connectivity index is 1.73. The van der Waals surface area contributed by atoms with Gasteiger partial charge in [0.25, 0.3) is 5.89 Å². The molecule has 1 aromatic rings. The van der Waals surface area contributed by atoms with Crippen molar-refractivity contribution in [3.63, 3.8) is 0 Å². The zero-order valence-corrected chi connectivity index (χ0v) is 10.3. The lowest BCUT2D eigenvalue weighted by Gasteiger charge is -2.46. The first-order valence-electron chi connectivity index (χ1n) is 6.46. The number of piperazine rings is 3. The Hall–Kier alpha value is -1.02. The molecule has 0 spiro atoms. The second-order valence-electron chi connectivity index (χ2n) is 4.94. The van der Waals surface area contributed by atoms with Crippen LogP contribution < -0.4 is 5.73 Å². The Labute approximate surface area is 106 Å². The molecule has 3 fully saturated rings. The van der Waals surface area contributed by atoms with Crippen molar-refractivity contribution in [2.45, 2.75) is 18.6 Å². The maximum absolute atomic E-state index is 9.76. The highest BCUT2D eigenvalue weighted by molar-refractivity contribution is 5.02. The monoisotopic (exact) mass is 253 g/mol. The third kappa shape index (κ3) is 2.14. The number of fused-ring (bicyclic) bond motifs is 3. The standard InChI is InChI=1S/C11H19N5O2/c12-2-1-9(17)11-13-10(14-18-11)8-7-15-3-5-16(8)6-4-15/h8-9,17H,1-7,12H2/t8?,9-/m0/s1. The summed E-state index contributed by atoms with van der Waals surface area (Å²) in [6, 6.07) is 0.204. The van der Waals surface area contributed by atoms with E-state index in [0.717, 1.165) is 32.7 Å². The summed E-state index contributed by atoms with van der Waals surface area (Å²) < 4.78 is 5.13. The number of hydrogen-bond acceptors (Lipinski definition) is 7. The quantitative estimate of drug-likeness (QED) is 0.720. The van der Waals surface area contributed by atoms with E-state index in [2.05, 4.69) is 19.9 Å². The van der Waals surface area contributed by atoms with Crippen molar-refractivity contribution in [3.8, 4) is 0 Å². The van der Waals surface area contributed by atoms with Gasteiger partial charge in [-0.15, -0.1) is 0 Å². The molecule has 7 nitrogen and oxygen atoms in total. The molecular formula is C11H19N5O2. The predicted octanol–water partition coefficient (Wildman–Crippen LogP) is -0.876. The molecule has 3 saturated heterocycles. The molecule has 3 aliphatic heterocycles. The smallest absolute Gasteiger partial charge is 0.255 e. The van der Waals surface area contributed by atoms with Crippen LogP contribution in [0.3, 0.4) is 0 Å². The molecule has 7 heteroatoms. The molecule has 18 heavy (non-hydrogen) atoms. The van der Waals surface area contributed by atoms with E-state index in [0.29, 0.717) is 18.8 Å². The van der Waals surface area contributed by atoms with Crippen LogP contribution in [0, 0.1) is 0 Å². The molecule has 2 bridgehead atoms. The van der Waals surface area contributed by atoms with Crippen molar-refractivity contribution in [3.05, 3.63) is 11.7 Å². The molecule has 1 aromatic heterocycles. The minimum atomic E-state index is -0.743. The van der Waals surface area contributed by atoms with E-state index in [4.69, 9.17) is 10.3 Å². The largest absolute Gasteiger partial charge is 0.383 e. The van der Waals surface area contributed by atoms with Gasteiger partial charge in [0.05, 0.1) is 6.04 Å². The van der Waals surface area contributed by atoms with E-state index in [-0.39, 0.29) is 11.9 Å². The molecule has 100 valence electrons. The Morgan fingerprint density at radius 2 is 2.17 bits per heavy atom. The number of hydrogen-bond donors (Lipinski definition) is 2. The zero-order valence-electron chi connectivity index (χ0n) is 10.3. The van der Waals surface area contributed by atoms with E-state index in [1.807, 2.05) is 0 Å². The number of aromatic nitrogens is 2. The van der Waals surface area contributed by atoms with Gasteiger partial charge in [-0.2, -0.15) is 4.98 Å². The van der Waals surface area contributed by atoms with Crippen LogP contribution >= 0.6 is 0 Å². The SMILES string of the molecule is NCC[C@H](O)c1nc(C2CN3CCN2CC3)no1. The molecular weight excluding hydrogens is 234 g/mol. The van der Waals surface area contributed by atoms with Crippen LogP contribution in [0.25, 0.3) is 0 Å². The van der Waals surface area contributed by atoms with Gasteiger partial charge in [0.15, 0.2) is 5.82 Å². The highest BCUT2D eigenvalue weighted by atomic mass is 16.5. The van der Waals surface area contributed by atoms with Gasteiger partial charge in [-0.1, -0.05) is 5.16 Å². The minimum Gasteiger partial charge on any atom is -0.383 e. The fourth-order valence-electron chi connectivity index (χ4n) is 2.66. The number of aliphatic hydroxyl groups is 1. The van der Waals surface area contributed by atoms with Crippen LogP contribution in [0.4, 0.5) is 0 Å². The molecule has 0 aromatic carbocycles. The van der Waals surface area contributed by atoms with Crippen molar-refractivity contribution in [2.24, 2.45) is 5.73 Å². The number of nitrogens with two attached hydrogens (primary N) is 1. The summed E-state index contributed by atoms with van der Waals surface area (Å²) in [6.45, 7) is 5.71. The summed E-state index contributed by atoms with van der Waals surface area (Å²) in [6.07, 6.45) is -0.297. The van der Waals surface area contributed by atoms with Crippen LogP contribution in [-0.2, 0) is 0 Å². The van der Waals surface area contributed by atoms with E-state index in [9.17, 15) is 5.11 Å². The number of rotatable bonds is 4. The third-order valence-electron chi connectivity index (χ3n) is 3.76. The van der Waals surface area contributed by atoms with Gasteiger partial charge in [0.1, 0.15) is 6.10 Å². The van der Waals surface area contributed by atoms with E-state index in [1.165, 1.54) is 0 Å². The molecule has 0 aliphatic carbocycles. The maximum atomic E-state index is 9.76. The van der Waals surface area contributed by atoms with Crippen LogP contribution in [-0.4, -0.2) is 64.3 Å². The Bertz CT molecular complexity index is 402. The van der Waals surface area contributed by atoms with E-state index < -0.39 is 6.10 Å². The van der Waals surface area contributed by atoms with Gasteiger partial charge in [-0.3, -0.25) is 9.80 Å². The van der Waals surface area contributed by atoms with Gasteiger partial charge in [0, 0.05) is 32.7 Å². The second kappa shape index (κ2) is 4.93. The van der Waals surface area contributed by atoms with Crippen LogP contribution in [0.15, 0.2) is 4.52 Å². The summed E-state index contributed by atoms with van der Waals surface area (Å²) >= 11 is 0. The topological polar surface area (TPSA) is 91.7 Å². The summed E-state index contributed by atoms with van der Waals surface area (Å²) in [5.74, 6) is 0.971. The lowest BCUT2D eigenvalue weighted by atomic mass is 10.1. The molecule has 0 amide bonds. The van der Waals surface area contributed by atoms with Crippen LogP contribution in [0.2, 0.25) is 0 Å². The molecule has 4 heterocycles. The van der Waals surface area contributed by atoms with Gasteiger partial charge < -0.3 is 15.4 Å². The Morgan fingerprint density at radius 1 is 1.39 bits per heavy atom. The minimum absolute atomic E-state index is 0.204.